The zero-order valence-electron chi connectivity index (χ0n) is 13.9. The van der Waals surface area contributed by atoms with Crippen LogP contribution in [0.25, 0.3) is 21.5 Å². The summed E-state index contributed by atoms with van der Waals surface area (Å²) in [6.45, 7) is 0. The zero-order chi connectivity index (χ0) is 12.2. The summed E-state index contributed by atoms with van der Waals surface area (Å²) >= 11 is 0. The Labute approximate surface area is 182 Å². The third kappa shape index (κ3) is 7.57. The van der Waals surface area contributed by atoms with Gasteiger partial charge in [0.15, 0.2) is 0 Å². The Morgan fingerprint density at radius 2 is 1.25 bits per heavy atom. The van der Waals surface area contributed by atoms with E-state index < -0.39 is 0 Å². The van der Waals surface area contributed by atoms with E-state index in [2.05, 4.69) is 66.7 Å². The molecule has 24 heavy (non-hydrogen) atoms. The van der Waals surface area contributed by atoms with Gasteiger partial charge in [0.05, 0.1) is 0 Å². The van der Waals surface area contributed by atoms with E-state index in [1.165, 1.54) is 21.5 Å². The van der Waals surface area contributed by atoms with Gasteiger partial charge in [-0.2, -0.15) is 6.08 Å². The fourth-order valence-electron chi connectivity index (χ4n) is 2.24. The summed E-state index contributed by atoms with van der Waals surface area (Å²) in [5.41, 5.74) is 0. The number of rotatable bonds is 0. The summed E-state index contributed by atoms with van der Waals surface area (Å²) in [6, 6.07) is 19.3. The fraction of sp³-hybridized carbons (Fsp3) is 0.0500. The van der Waals surface area contributed by atoms with Gasteiger partial charge in [-0.25, -0.2) is 12.2 Å². The van der Waals surface area contributed by atoms with Gasteiger partial charge in [-0.1, -0.05) is 36.4 Å². The number of hydrogen-bond acceptors (Lipinski definition) is 0. The SMILES string of the molecule is [C-]1=CC=CC1.[CH3-].[CH3-].[Cl-].[Cl-].[Si].[Zr+2].c1ccc2c(c1)[cH-]c1ccccc12. The van der Waals surface area contributed by atoms with Crippen molar-refractivity contribution in [2.75, 3.05) is 0 Å². The molecule has 0 amide bonds. The molecule has 0 heterocycles. The van der Waals surface area contributed by atoms with Crippen molar-refractivity contribution >= 4 is 32.5 Å². The molecular weight excluding hydrogens is 430 g/mol. The maximum Gasteiger partial charge on any atom is 2.00 e. The molecule has 1 aliphatic carbocycles. The molecule has 0 N–H and O–H groups in total. The predicted molar refractivity (Wildman–Crippen MR) is 97.2 cm³/mol. The van der Waals surface area contributed by atoms with Crippen molar-refractivity contribution in [1.82, 2.24) is 0 Å². The Balaban J connectivity index is -0.000000163. The first-order chi connectivity index (χ1) is 8.95. The van der Waals surface area contributed by atoms with Crippen molar-refractivity contribution in [3.05, 3.63) is 93.8 Å². The molecule has 0 atom stereocenters. The van der Waals surface area contributed by atoms with Crippen LogP contribution in [0.3, 0.4) is 0 Å². The second-order valence-corrected chi connectivity index (χ2v) is 4.32. The van der Waals surface area contributed by atoms with E-state index in [9.17, 15) is 0 Å². The molecule has 4 rings (SSSR count). The van der Waals surface area contributed by atoms with Gasteiger partial charge in [-0.3, -0.25) is 6.08 Å². The van der Waals surface area contributed by atoms with Crippen LogP contribution in [0.5, 0.6) is 0 Å². The average Bonchev–Trinajstić information content (AvgIpc) is 3.10. The maximum absolute atomic E-state index is 2.99. The number of hydrogen-bond donors (Lipinski definition) is 0. The van der Waals surface area contributed by atoms with Crippen molar-refractivity contribution in [3.8, 4) is 0 Å². The van der Waals surface area contributed by atoms with Crippen molar-refractivity contribution in [1.29, 1.82) is 0 Å². The molecule has 0 saturated heterocycles. The van der Waals surface area contributed by atoms with Gasteiger partial charge in [-0.15, -0.1) is 46.2 Å². The molecule has 0 nitrogen and oxygen atoms in total. The topological polar surface area (TPSA) is 0 Å². The Morgan fingerprint density at radius 3 is 1.58 bits per heavy atom. The molecule has 1 aliphatic rings. The van der Waals surface area contributed by atoms with Crippen molar-refractivity contribution in [2.45, 2.75) is 6.42 Å². The van der Waals surface area contributed by atoms with E-state index in [0.717, 1.165) is 6.42 Å². The van der Waals surface area contributed by atoms with E-state index in [1.54, 1.807) is 0 Å². The second kappa shape index (κ2) is 16.0. The van der Waals surface area contributed by atoms with Crippen LogP contribution in [-0.4, -0.2) is 11.0 Å². The van der Waals surface area contributed by atoms with Crippen LogP contribution in [0, 0.1) is 20.9 Å². The zero-order valence-corrected chi connectivity index (χ0v) is 18.9. The van der Waals surface area contributed by atoms with E-state index in [4.69, 9.17) is 0 Å². The Bertz CT molecular complexity index is 672. The molecule has 0 bridgehead atoms. The van der Waals surface area contributed by atoms with Gasteiger partial charge in [-0.05, 0) is 0 Å². The molecule has 0 spiro atoms. The Hall–Kier alpha value is -0.530. The maximum atomic E-state index is 2.99. The largest absolute Gasteiger partial charge is 2.00 e. The van der Waals surface area contributed by atoms with E-state index >= 15 is 0 Å². The van der Waals surface area contributed by atoms with Crippen molar-refractivity contribution < 1.29 is 51.0 Å². The molecule has 3 aromatic carbocycles. The van der Waals surface area contributed by atoms with Gasteiger partial charge in [0.25, 0.3) is 0 Å². The van der Waals surface area contributed by atoms with Crippen LogP contribution in [-0.2, 0) is 26.2 Å². The van der Waals surface area contributed by atoms with E-state index in [1.807, 2.05) is 12.2 Å². The van der Waals surface area contributed by atoms with Crippen LogP contribution < -0.4 is 24.8 Å². The van der Waals surface area contributed by atoms with Crippen LogP contribution >= 0.6 is 0 Å². The number of allylic oxidation sites excluding steroid dienone is 4. The Morgan fingerprint density at radius 1 is 0.792 bits per heavy atom. The van der Waals surface area contributed by atoms with Crippen LogP contribution in [0.4, 0.5) is 0 Å². The average molecular weight is 451 g/mol. The molecule has 0 aliphatic heterocycles. The quantitative estimate of drug-likeness (QED) is 0.321. The molecule has 0 aromatic heterocycles. The molecular formula is C20H20Cl2SiZr-4. The molecule has 3 aromatic rings. The van der Waals surface area contributed by atoms with Crippen molar-refractivity contribution in [3.63, 3.8) is 0 Å². The van der Waals surface area contributed by atoms with Gasteiger partial charge >= 0.3 is 26.2 Å². The monoisotopic (exact) mass is 448 g/mol. The van der Waals surface area contributed by atoms with Crippen LogP contribution in [0.1, 0.15) is 6.42 Å². The third-order valence-corrected chi connectivity index (χ3v) is 3.11. The molecule has 0 saturated carbocycles. The summed E-state index contributed by atoms with van der Waals surface area (Å²) in [5.74, 6) is 0. The number of benzene rings is 2. The first kappa shape index (κ1) is 31.3. The van der Waals surface area contributed by atoms with Gasteiger partial charge in [0.2, 0.25) is 0 Å². The van der Waals surface area contributed by atoms with E-state index in [0.29, 0.717) is 0 Å². The minimum Gasteiger partial charge on any atom is -1.00 e. The number of fused-ring (bicyclic) bond motifs is 3. The van der Waals surface area contributed by atoms with Gasteiger partial charge < -0.3 is 39.7 Å². The summed E-state index contributed by atoms with van der Waals surface area (Å²) in [6.07, 6.45) is 10.0. The van der Waals surface area contributed by atoms with Gasteiger partial charge in [0.1, 0.15) is 0 Å². The van der Waals surface area contributed by atoms with Crippen LogP contribution in [0.2, 0.25) is 0 Å². The second-order valence-electron chi connectivity index (χ2n) is 4.32. The normalized spacial score (nSPS) is 9.67. The minimum absolute atomic E-state index is 0. The first-order valence-electron chi connectivity index (χ1n) is 6.20. The van der Waals surface area contributed by atoms with E-state index in [-0.39, 0.29) is 76.8 Å². The summed E-state index contributed by atoms with van der Waals surface area (Å²) in [7, 11) is 0. The molecule has 4 radical (unpaired) electrons. The Kier molecular flexibility index (Phi) is 20.8. The number of halogens is 2. The molecule has 4 heteroatoms. The summed E-state index contributed by atoms with van der Waals surface area (Å²) in [5, 5.41) is 5.39. The third-order valence-electron chi connectivity index (χ3n) is 3.11. The van der Waals surface area contributed by atoms with Crippen molar-refractivity contribution in [2.24, 2.45) is 0 Å². The standard InChI is InChI=1S/C13H9.C5H5.2CH3.2ClH.Si.Zr/c1-3-7-12-10(5-1)9-11-6-2-4-8-13(11)12;1-2-4-5-3-1;;;;;;/h1-9H;1-3H,4H2;2*1H3;2*1H;;/q4*-1;;;;+2/p-2. The summed E-state index contributed by atoms with van der Waals surface area (Å²) < 4.78 is 0. The fourth-order valence-corrected chi connectivity index (χ4v) is 2.24. The predicted octanol–water partition coefficient (Wildman–Crippen LogP) is -0.457. The smallest absolute Gasteiger partial charge is 1.00 e. The molecule has 0 fully saturated rings. The summed E-state index contributed by atoms with van der Waals surface area (Å²) in [4.78, 5) is 0. The minimum atomic E-state index is 0. The van der Waals surface area contributed by atoms with Crippen LogP contribution in [0.15, 0.2) is 72.8 Å². The first-order valence-corrected chi connectivity index (χ1v) is 6.20. The molecule has 126 valence electrons. The van der Waals surface area contributed by atoms with Gasteiger partial charge in [0, 0.05) is 11.0 Å². The molecule has 0 unspecified atom stereocenters.